The lowest BCUT2D eigenvalue weighted by molar-refractivity contribution is -0.118. The number of rotatable bonds is 2. The Balaban J connectivity index is 1.95. The van der Waals surface area contributed by atoms with E-state index in [9.17, 15) is 4.79 Å². The first-order valence-corrected chi connectivity index (χ1v) is 6.71. The summed E-state index contributed by atoms with van der Waals surface area (Å²) in [6, 6.07) is 15.2. The third-order valence-corrected chi connectivity index (χ3v) is 3.93. The first kappa shape index (κ1) is 12.5. The molecule has 2 aromatic rings. The number of amides is 1. The molecular weight excluding hydrogens is 281 g/mol. The van der Waals surface area contributed by atoms with Crippen molar-refractivity contribution in [3.63, 3.8) is 0 Å². The molecule has 1 aliphatic heterocycles. The van der Waals surface area contributed by atoms with Crippen LogP contribution in [0.25, 0.3) is 0 Å². The molecule has 0 bridgehead atoms. The number of anilines is 1. The Morgan fingerprint density at radius 2 is 1.89 bits per heavy atom. The van der Waals surface area contributed by atoms with E-state index in [1.54, 1.807) is 0 Å². The average molecular weight is 292 g/mol. The normalized spacial score (nSPS) is 17.7. The lowest BCUT2D eigenvalue weighted by atomic mass is 9.93. The first-order valence-electron chi connectivity index (χ1n) is 6.00. The minimum atomic E-state index is -0.229. The molecule has 0 fully saturated rings. The predicted octanol–water partition coefficient (Wildman–Crippen LogP) is 4.17. The maximum atomic E-state index is 12.2. The summed E-state index contributed by atoms with van der Waals surface area (Å²) in [6.45, 7) is 0. The molecule has 2 aromatic carbocycles. The molecule has 0 spiro atoms. The van der Waals surface area contributed by atoms with Crippen molar-refractivity contribution in [3.8, 4) is 0 Å². The summed E-state index contributed by atoms with van der Waals surface area (Å²) >= 11 is 12.0. The highest BCUT2D eigenvalue weighted by atomic mass is 35.5. The standard InChI is InChI=1S/C15H11Cl2NO/c16-11-5-3-4-10(8-11)9-13-12-6-1-2-7-14(12)18(17)15(13)19/h1-8,13H,9H2. The lowest BCUT2D eigenvalue weighted by Crippen LogP contribution is -2.20. The molecule has 96 valence electrons. The van der Waals surface area contributed by atoms with Crippen molar-refractivity contribution in [3.05, 3.63) is 64.7 Å². The lowest BCUT2D eigenvalue weighted by Gasteiger charge is -2.09. The second-order valence-corrected chi connectivity index (χ2v) is 5.34. The van der Waals surface area contributed by atoms with Gasteiger partial charge in [0.05, 0.1) is 11.6 Å². The van der Waals surface area contributed by atoms with E-state index in [-0.39, 0.29) is 11.8 Å². The van der Waals surface area contributed by atoms with Gasteiger partial charge < -0.3 is 0 Å². The number of nitrogens with zero attached hydrogens (tertiary/aromatic N) is 1. The maximum Gasteiger partial charge on any atom is 0.249 e. The van der Waals surface area contributed by atoms with E-state index in [2.05, 4.69) is 0 Å². The molecule has 1 atom stereocenters. The van der Waals surface area contributed by atoms with Gasteiger partial charge in [-0.05, 0) is 35.7 Å². The van der Waals surface area contributed by atoms with Gasteiger partial charge >= 0.3 is 0 Å². The van der Waals surface area contributed by atoms with Crippen LogP contribution in [0.3, 0.4) is 0 Å². The van der Waals surface area contributed by atoms with Crippen molar-refractivity contribution < 1.29 is 4.79 Å². The van der Waals surface area contributed by atoms with Gasteiger partial charge in [0.2, 0.25) is 5.91 Å². The van der Waals surface area contributed by atoms with Gasteiger partial charge in [-0.25, -0.2) is 4.42 Å². The van der Waals surface area contributed by atoms with Gasteiger partial charge in [0.1, 0.15) is 0 Å². The minimum Gasteiger partial charge on any atom is -0.272 e. The molecule has 0 saturated carbocycles. The van der Waals surface area contributed by atoms with Crippen LogP contribution in [0.1, 0.15) is 17.0 Å². The second kappa shape index (κ2) is 4.87. The predicted molar refractivity (Wildman–Crippen MR) is 77.7 cm³/mol. The number of benzene rings is 2. The smallest absolute Gasteiger partial charge is 0.249 e. The molecule has 1 aliphatic rings. The fraction of sp³-hybridized carbons (Fsp3) is 0.133. The van der Waals surface area contributed by atoms with Crippen LogP contribution < -0.4 is 4.42 Å². The monoisotopic (exact) mass is 291 g/mol. The molecule has 1 amide bonds. The first-order chi connectivity index (χ1) is 9.16. The summed E-state index contributed by atoms with van der Waals surface area (Å²) in [5.41, 5.74) is 2.79. The molecule has 0 N–H and O–H groups in total. The van der Waals surface area contributed by atoms with Gasteiger partial charge in [0.15, 0.2) is 0 Å². The fourth-order valence-corrected chi connectivity index (χ4v) is 2.93. The maximum absolute atomic E-state index is 12.2. The molecule has 0 saturated heterocycles. The van der Waals surface area contributed by atoms with E-state index >= 15 is 0 Å². The van der Waals surface area contributed by atoms with Crippen LogP contribution in [0, 0.1) is 0 Å². The number of hydrogen-bond acceptors (Lipinski definition) is 1. The van der Waals surface area contributed by atoms with Gasteiger partial charge in [-0.1, -0.05) is 41.9 Å². The van der Waals surface area contributed by atoms with E-state index in [0.29, 0.717) is 11.4 Å². The van der Waals surface area contributed by atoms with Crippen molar-refractivity contribution >= 4 is 35.0 Å². The van der Waals surface area contributed by atoms with Crippen molar-refractivity contribution in [1.29, 1.82) is 0 Å². The summed E-state index contributed by atoms with van der Waals surface area (Å²) < 4.78 is 1.21. The van der Waals surface area contributed by atoms with E-state index in [4.69, 9.17) is 23.4 Å². The van der Waals surface area contributed by atoms with Gasteiger partial charge in [-0.15, -0.1) is 0 Å². The Hall–Kier alpha value is -1.51. The number of hydrogen-bond donors (Lipinski definition) is 0. The second-order valence-electron chi connectivity index (χ2n) is 4.56. The third kappa shape index (κ3) is 2.22. The Kier molecular flexibility index (Phi) is 3.21. The van der Waals surface area contributed by atoms with Crippen LogP contribution in [0.4, 0.5) is 5.69 Å². The number of fused-ring (bicyclic) bond motifs is 1. The van der Waals surface area contributed by atoms with Crippen molar-refractivity contribution in [2.75, 3.05) is 4.42 Å². The zero-order valence-corrected chi connectivity index (χ0v) is 11.5. The Bertz CT molecular complexity index is 642. The summed E-state index contributed by atoms with van der Waals surface area (Å²) in [5.74, 6) is -0.310. The molecule has 1 heterocycles. The highest BCUT2D eigenvalue weighted by Crippen LogP contribution is 2.40. The number of carbonyl (C=O) groups excluding carboxylic acids is 1. The van der Waals surface area contributed by atoms with E-state index in [1.165, 1.54) is 4.42 Å². The van der Waals surface area contributed by atoms with E-state index < -0.39 is 0 Å². The van der Waals surface area contributed by atoms with Crippen LogP contribution in [0.2, 0.25) is 5.02 Å². The number of carbonyl (C=O) groups is 1. The molecule has 19 heavy (non-hydrogen) atoms. The molecule has 4 heteroatoms. The summed E-state index contributed by atoms with van der Waals surface area (Å²) in [4.78, 5) is 12.2. The quantitative estimate of drug-likeness (QED) is 0.761. The molecular formula is C15H11Cl2NO. The highest BCUT2D eigenvalue weighted by Gasteiger charge is 2.36. The van der Waals surface area contributed by atoms with E-state index in [1.807, 2.05) is 48.5 Å². The van der Waals surface area contributed by atoms with Crippen LogP contribution in [0.5, 0.6) is 0 Å². The zero-order valence-electron chi connectivity index (χ0n) is 10.0. The Morgan fingerprint density at radius 1 is 1.11 bits per heavy atom. The molecule has 0 radical (unpaired) electrons. The Morgan fingerprint density at radius 3 is 2.68 bits per heavy atom. The van der Waals surface area contributed by atoms with E-state index in [0.717, 1.165) is 16.8 Å². The number of para-hydroxylation sites is 1. The molecule has 2 nitrogen and oxygen atoms in total. The molecule has 0 aliphatic carbocycles. The zero-order chi connectivity index (χ0) is 13.4. The fourth-order valence-electron chi connectivity index (χ4n) is 2.45. The van der Waals surface area contributed by atoms with Crippen molar-refractivity contribution in [2.24, 2.45) is 0 Å². The summed E-state index contributed by atoms with van der Waals surface area (Å²) in [5, 5.41) is 0.680. The SMILES string of the molecule is O=C1C(Cc2cccc(Cl)c2)c2ccccc2N1Cl. The largest absolute Gasteiger partial charge is 0.272 e. The minimum absolute atomic E-state index is 0.0807. The van der Waals surface area contributed by atoms with Gasteiger partial charge in [-0.3, -0.25) is 4.79 Å². The van der Waals surface area contributed by atoms with Gasteiger partial charge in [0, 0.05) is 16.8 Å². The molecule has 1 unspecified atom stereocenters. The van der Waals surface area contributed by atoms with Crippen molar-refractivity contribution in [1.82, 2.24) is 0 Å². The Labute approximate surface area is 121 Å². The highest BCUT2D eigenvalue weighted by molar-refractivity contribution is 6.39. The van der Waals surface area contributed by atoms with Crippen LogP contribution in [-0.2, 0) is 11.2 Å². The van der Waals surface area contributed by atoms with Crippen molar-refractivity contribution in [2.45, 2.75) is 12.3 Å². The average Bonchev–Trinajstić information content (AvgIpc) is 2.65. The third-order valence-electron chi connectivity index (χ3n) is 3.34. The summed E-state index contributed by atoms with van der Waals surface area (Å²) in [7, 11) is 0. The van der Waals surface area contributed by atoms with Crippen LogP contribution in [-0.4, -0.2) is 5.91 Å². The van der Waals surface area contributed by atoms with Gasteiger partial charge in [-0.2, -0.15) is 0 Å². The molecule has 0 aromatic heterocycles. The topological polar surface area (TPSA) is 20.3 Å². The van der Waals surface area contributed by atoms with Gasteiger partial charge in [0.25, 0.3) is 0 Å². The van der Waals surface area contributed by atoms with Crippen LogP contribution in [0.15, 0.2) is 48.5 Å². The summed E-state index contributed by atoms with van der Waals surface area (Å²) in [6.07, 6.45) is 0.611. The number of halogens is 2. The van der Waals surface area contributed by atoms with Crippen LogP contribution >= 0.6 is 23.4 Å². The molecule has 3 rings (SSSR count).